The summed E-state index contributed by atoms with van der Waals surface area (Å²) in [4.78, 5) is 0.145. The second kappa shape index (κ2) is 6.01. The highest BCUT2D eigenvalue weighted by Crippen LogP contribution is 2.30. The van der Waals surface area contributed by atoms with Gasteiger partial charge in [-0.2, -0.15) is 0 Å². The van der Waals surface area contributed by atoms with Gasteiger partial charge in [0.05, 0.1) is 22.1 Å². The van der Waals surface area contributed by atoms with Crippen LogP contribution in [-0.2, 0) is 10.0 Å². The molecule has 2 rings (SSSR count). The zero-order chi connectivity index (χ0) is 14.8. The molecule has 0 spiro atoms. The summed E-state index contributed by atoms with van der Waals surface area (Å²) in [5.74, 6) is 0.568. The van der Waals surface area contributed by atoms with Crippen LogP contribution in [0.5, 0.6) is 5.75 Å². The first-order valence-corrected chi connectivity index (χ1v) is 8.69. The Bertz CT molecular complexity index is 582. The minimum absolute atomic E-state index is 0.0545. The van der Waals surface area contributed by atoms with Gasteiger partial charge in [0.1, 0.15) is 5.75 Å². The lowest BCUT2D eigenvalue weighted by molar-refractivity contribution is 0.0532. The molecule has 0 atom stereocenters. The molecule has 2 N–H and O–H groups in total. The smallest absolute Gasteiger partial charge is 0.240 e. The maximum absolute atomic E-state index is 12.2. The van der Waals surface area contributed by atoms with Crippen molar-refractivity contribution in [2.24, 2.45) is 0 Å². The molecule has 1 fully saturated rings. The summed E-state index contributed by atoms with van der Waals surface area (Å²) in [6.45, 7) is 0.0545. The van der Waals surface area contributed by atoms with Gasteiger partial charge in [0, 0.05) is 6.54 Å². The number of hydrogen-bond donors (Lipinski definition) is 2. The Morgan fingerprint density at radius 3 is 2.60 bits per heavy atom. The van der Waals surface area contributed by atoms with Crippen LogP contribution in [0.3, 0.4) is 0 Å². The Morgan fingerprint density at radius 1 is 1.40 bits per heavy atom. The molecule has 0 saturated heterocycles. The van der Waals surface area contributed by atoms with E-state index in [1.165, 1.54) is 19.2 Å². The lowest BCUT2D eigenvalue weighted by Gasteiger charge is -2.22. The molecular formula is C13H18BrNO4S. The van der Waals surface area contributed by atoms with Gasteiger partial charge in [-0.3, -0.25) is 0 Å². The minimum atomic E-state index is -3.63. The summed E-state index contributed by atoms with van der Waals surface area (Å²) in [7, 11) is -2.11. The third-order valence-electron chi connectivity index (χ3n) is 3.56. The fourth-order valence-electron chi connectivity index (χ4n) is 2.34. The van der Waals surface area contributed by atoms with Crippen molar-refractivity contribution in [3.05, 3.63) is 22.7 Å². The molecule has 0 aromatic heterocycles. The van der Waals surface area contributed by atoms with Crippen molar-refractivity contribution in [3.8, 4) is 5.75 Å². The van der Waals surface area contributed by atoms with Crippen molar-refractivity contribution in [2.45, 2.75) is 36.2 Å². The minimum Gasteiger partial charge on any atom is -0.496 e. The van der Waals surface area contributed by atoms with E-state index in [4.69, 9.17) is 4.74 Å². The van der Waals surface area contributed by atoms with Crippen LogP contribution in [0.2, 0.25) is 0 Å². The number of aliphatic hydroxyl groups is 1. The van der Waals surface area contributed by atoms with E-state index in [1.54, 1.807) is 6.07 Å². The zero-order valence-corrected chi connectivity index (χ0v) is 13.6. The topological polar surface area (TPSA) is 75.6 Å². The molecule has 1 saturated carbocycles. The van der Waals surface area contributed by atoms with Crippen molar-refractivity contribution < 1.29 is 18.3 Å². The van der Waals surface area contributed by atoms with Crippen LogP contribution in [-0.4, -0.2) is 32.8 Å². The average molecular weight is 364 g/mol. The van der Waals surface area contributed by atoms with Gasteiger partial charge < -0.3 is 9.84 Å². The predicted octanol–water partition coefficient (Wildman–Crippen LogP) is 2.04. The molecule has 1 aliphatic rings. The largest absolute Gasteiger partial charge is 0.496 e. The molecule has 0 radical (unpaired) electrons. The monoisotopic (exact) mass is 363 g/mol. The number of nitrogens with one attached hydrogen (secondary N) is 1. The molecule has 112 valence electrons. The van der Waals surface area contributed by atoms with Crippen LogP contribution >= 0.6 is 15.9 Å². The highest BCUT2D eigenvalue weighted by Gasteiger charge is 2.32. The maximum Gasteiger partial charge on any atom is 0.240 e. The second-order valence-corrected chi connectivity index (χ2v) is 7.67. The normalized spacial score (nSPS) is 18.1. The van der Waals surface area contributed by atoms with E-state index in [2.05, 4.69) is 20.7 Å². The highest BCUT2D eigenvalue weighted by molar-refractivity contribution is 9.10. The van der Waals surface area contributed by atoms with Gasteiger partial charge in [0.2, 0.25) is 10.0 Å². The van der Waals surface area contributed by atoms with Crippen molar-refractivity contribution in [1.82, 2.24) is 4.72 Å². The molecule has 5 nitrogen and oxygen atoms in total. The first-order valence-electron chi connectivity index (χ1n) is 6.42. The van der Waals surface area contributed by atoms with Crippen molar-refractivity contribution >= 4 is 26.0 Å². The van der Waals surface area contributed by atoms with E-state index in [9.17, 15) is 13.5 Å². The van der Waals surface area contributed by atoms with Crippen LogP contribution in [0, 0.1) is 0 Å². The van der Waals surface area contributed by atoms with E-state index in [-0.39, 0.29) is 11.4 Å². The van der Waals surface area contributed by atoms with Gasteiger partial charge in [-0.1, -0.05) is 12.8 Å². The van der Waals surface area contributed by atoms with Gasteiger partial charge in [-0.05, 0) is 47.0 Å². The van der Waals surface area contributed by atoms with Crippen molar-refractivity contribution in [1.29, 1.82) is 0 Å². The number of rotatable bonds is 5. The summed E-state index contributed by atoms with van der Waals surface area (Å²) in [5, 5.41) is 10.2. The fourth-order valence-corrected chi connectivity index (χ4v) is 4.17. The number of benzene rings is 1. The fraction of sp³-hybridized carbons (Fsp3) is 0.538. The lowest BCUT2D eigenvalue weighted by Crippen LogP contribution is -2.40. The van der Waals surface area contributed by atoms with Gasteiger partial charge in [-0.25, -0.2) is 13.1 Å². The average Bonchev–Trinajstić information content (AvgIpc) is 2.84. The summed E-state index contributed by atoms with van der Waals surface area (Å²) < 4.78 is 32.5. The first kappa shape index (κ1) is 15.8. The molecule has 20 heavy (non-hydrogen) atoms. The highest BCUT2D eigenvalue weighted by atomic mass is 79.9. The number of ether oxygens (including phenoxy) is 1. The van der Waals surface area contributed by atoms with E-state index >= 15 is 0 Å². The Kier molecular flexibility index (Phi) is 4.73. The van der Waals surface area contributed by atoms with Crippen LogP contribution < -0.4 is 9.46 Å². The molecular weight excluding hydrogens is 346 g/mol. The molecule has 0 unspecified atom stereocenters. The molecule has 1 aliphatic carbocycles. The van der Waals surface area contributed by atoms with E-state index in [0.717, 1.165) is 12.8 Å². The van der Waals surface area contributed by atoms with E-state index in [0.29, 0.717) is 23.1 Å². The quantitative estimate of drug-likeness (QED) is 0.839. The Morgan fingerprint density at radius 2 is 2.05 bits per heavy atom. The molecule has 1 aromatic rings. The summed E-state index contributed by atoms with van der Waals surface area (Å²) in [6, 6.07) is 4.55. The van der Waals surface area contributed by atoms with Gasteiger partial charge in [0.15, 0.2) is 0 Å². The molecule has 0 aliphatic heterocycles. The molecule has 1 aromatic carbocycles. The van der Waals surface area contributed by atoms with Crippen LogP contribution in [0.15, 0.2) is 27.6 Å². The summed E-state index contributed by atoms with van der Waals surface area (Å²) >= 11 is 3.26. The molecule has 0 amide bonds. The summed E-state index contributed by atoms with van der Waals surface area (Å²) in [6.07, 6.45) is 3.16. The zero-order valence-electron chi connectivity index (χ0n) is 11.2. The third-order valence-corrected chi connectivity index (χ3v) is 5.58. The number of methoxy groups -OCH3 is 1. The third kappa shape index (κ3) is 3.52. The second-order valence-electron chi connectivity index (χ2n) is 5.05. The molecule has 0 heterocycles. The number of hydrogen-bond acceptors (Lipinski definition) is 4. The van der Waals surface area contributed by atoms with Gasteiger partial charge >= 0.3 is 0 Å². The predicted molar refractivity (Wildman–Crippen MR) is 79.3 cm³/mol. The van der Waals surface area contributed by atoms with Crippen molar-refractivity contribution in [3.63, 3.8) is 0 Å². The Hall–Kier alpha value is -0.630. The van der Waals surface area contributed by atoms with Crippen LogP contribution in [0.25, 0.3) is 0 Å². The van der Waals surface area contributed by atoms with Gasteiger partial charge in [0.25, 0.3) is 0 Å². The van der Waals surface area contributed by atoms with Gasteiger partial charge in [-0.15, -0.1) is 0 Å². The van der Waals surface area contributed by atoms with Crippen LogP contribution in [0.1, 0.15) is 25.7 Å². The van der Waals surface area contributed by atoms with Crippen molar-refractivity contribution in [2.75, 3.05) is 13.7 Å². The van der Waals surface area contributed by atoms with E-state index in [1.807, 2.05) is 0 Å². The maximum atomic E-state index is 12.2. The summed E-state index contributed by atoms with van der Waals surface area (Å²) in [5.41, 5.74) is -0.906. The molecule has 7 heteroatoms. The number of sulfonamides is 1. The van der Waals surface area contributed by atoms with Crippen LogP contribution in [0.4, 0.5) is 0 Å². The Labute approximate surface area is 127 Å². The molecule has 0 bridgehead atoms. The SMILES string of the molecule is COc1ccc(S(=O)(=O)NCC2(O)CCCC2)cc1Br. The Balaban J connectivity index is 2.12. The number of halogens is 1. The van der Waals surface area contributed by atoms with E-state index < -0.39 is 15.6 Å². The standard InChI is InChI=1S/C13H18BrNO4S/c1-19-12-5-4-10(8-11(12)14)20(17,18)15-9-13(16)6-2-3-7-13/h4-5,8,15-16H,2-3,6-7,9H2,1H3. The lowest BCUT2D eigenvalue weighted by atomic mass is 10.0. The first-order chi connectivity index (χ1) is 9.36.